The number of nitrogens with zero attached hydrogens (tertiary/aromatic N) is 2. The Hall–Kier alpha value is -6.94. The molecule has 2 aliphatic carbocycles. The van der Waals surface area contributed by atoms with Gasteiger partial charge in [-0.25, -0.2) is 9.97 Å². The summed E-state index contributed by atoms with van der Waals surface area (Å²) in [5, 5.41) is 2.53. The zero-order chi connectivity index (χ0) is 36.8. The molecule has 2 aromatic heterocycles. The van der Waals surface area contributed by atoms with Crippen molar-refractivity contribution in [2.24, 2.45) is 0 Å². The molecule has 2 nitrogen and oxygen atoms in total. The van der Waals surface area contributed by atoms with Crippen molar-refractivity contribution < 1.29 is 0 Å². The molecule has 12 rings (SSSR count). The molecule has 56 heavy (non-hydrogen) atoms. The first-order valence-electron chi connectivity index (χ1n) is 19.2. The van der Waals surface area contributed by atoms with Crippen LogP contribution in [0.2, 0.25) is 0 Å². The highest BCUT2D eigenvalue weighted by Crippen LogP contribution is 2.63. The molecule has 1 spiro atoms. The minimum absolute atomic E-state index is 0.446. The molecule has 0 saturated carbocycles. The summed E-state index contributed by atoms with van der Waals surface area (Å²) in [5.74, 6) is 0.715. The molecule has 8 aromatic carbocycles. The van der Waals surface area contributed by atoms with E-state index in [0.717, 1.165) is 39.2 Å². The predicted octanol–water partition coefficient (Wildman–Crippen LogP) is 13.9. The Morgan fingerprint density at radius 1 is 0.339 bits per heavy atom. The number of aromatic nitrogens is 2. The third-order valence-electron chi connectivity index (χ3n) is 11.9. The summed E-state index contributed by atoms with van der Waals surface area (Å²) in [6.07, 6.45) is 0. The minimum atomic E-state index is -0.446. The van der Waals surface area contributed by atoms with E-state index < -0.39 is 5.41 Å². The molecule has 2 aliphatic rings. The van der Waals surface area contributed by atoms with Crippen molar-refractivity contribution in [2.75, 3.05) is 0 Å². The highest BCUT2D eigenvalue weighted by atomic mass is 32.1. The molecule has 260 valence electrons. The Labute approximate surface area is 329 Å². The summed E-state index contributed by atoms with van der Waals surface area (Å²) in [6, 6.07) is 70.6. The van der Waals surface area contributed by atoms with Gasteiger partial charge in [0.1, 0.15) is 0 Å². The van der Waals surface area contributed by atoms with E-state index in [1.54, 1.807) is 0 Å². The Morgan fingerprint density at radius 3 is 1.55 bits per heavy atom. The maximum absolute atomic E-state index is 5.50. The highest BCUT2D eigenvalue weighted by molar-refractivity contribution is 7.26. The summed E-state index contributed by atoms with van der Waals surface area (Å²) < 4.78 is 2.52. The molecule has 0 amide bonds. The average Bonchev–Trinajstić information content (AvgIpc) is 3.91. The maximum atomic E-state index is 5.50. The molecule has 10 aromatic rings. The molecule has 0 saturated heterocycles. The van der Waals surface area contributed by atoms with Crippen molar-refractivity contribution in [3.8, 4) is 67.3 Å². The first-order chi connectivity index (χ1) is 27.8. The van der Waals surface area contributed by atoms with E-state index in [1.807, 2.05) is 11.3 Å². The van der Waals surface area contributed by atoms with Crippen LogP contribution in [0.15, 0.2) is 194 Å². The molecule has 0 unspecified atom stereocenters. The summed E-state index contributed by atoms with van der Waals surface area (Å²) in [4.78, 5) is 11.0. The quantitative estimate of drug-likeness (QED) is 0.180. The Balaban J connectivity index is 1.13. The number of fused-ring (bicyclic) bond motifs is 13. The monoisotopic (exact) mass is 728 g/mol. The van der Waals surface area contributed by atoms with Gasteiger partial charge in [0.05, 0.1) is 16.8 Å². The zero-order valence-corrected chi connectivity index (χ0v) is 31.1. The topological polar surface area (TPSA) is 25.8 Å². The summed E-state index contributed by atoms with van der Waals surface area (Å²) in [5.41, 5.74) is 17.3. The molecular formula is C53H32N2S. The lowest BCUT2D eigenvalue weighted by molar-refractivity contribution is 0.794. The number of hydrogen-bond acceptors (Lipinski definition) is 3. The first-order valence-corrected chi connectivity index (χ1v) is 20.0. The summed E-state index contributed by atoms with van der Waals surface area (Å²) in [7, 11) is 0. The van der Waals surface area contributed by atoms with Crippen molar-refractivity contribution >= 4 is 31.5 Å². The van der Waals surface area contributed by atoms with Crippen LogP contribution in [-0.4, -0.2) is 9.97 Å². The number of rotatable bonds is 4. The first kappa shape index (κ1) is 31.4. The van der Waals surface area contributed by atoms with Crippen LogP contribution >= 0.6 is 11.3 Å². The minimum Gasteiger partial charge on any atom is -0.228 e. The van der Waals surface area contributed by atoms with Gasteiger partial charge >= 0.3 is 0 Å². The van der Waals surface area contributed by atoms with Crippen molar-refractivity contribution in [2.45, 2.75) is 5.41 Å². The molecular weight excluding hydrogens is 697 g/mol. The van der Waals surface area contributed by atoms with Crippen molar-refractivity contribution in [3.63, 3.8) is 0 Å². The van der Waals surface area contributed by atoms with Crippen molar-refractivity contribution in [3.05, 3.63) is 216 Å². The predicted molar refractivity (Wildman–Crippen MR) is 233 cm³/mol. The SMILES string of the molecule is c1ccc(-c2ccccc2-c2cc(-c3cccc4c3sc3ccccc34)nc(-c3ccc4c(c3)C3(c5ccccc5-c5ccccc53)c3ccccc3-4)n2)cc1. The van der Waals surface area contributed by atoms with Crippen LogP contribution in [0.3, 0.4) is 0 Å². The van der Waals surface area contributed by atoms with E-state index in [4.69, 9.17) is 9.97 Å². The van der Waals surface area contributed by atoms with Gasteiger partial charge < -0.3 is 0 Å². The smallest absolute Gasteiger partial charge is 0.160 e. The van der Waals surface area contributed by atoms with E-state index in [0.29, 0.717) is 5.82 Å². The highest BCUT2D eigenvalue weighted by Gasteiger charge is 2.51. The number of thiophene rings is 1. The second-order valence-electron chi connectivity index (χ2n) is 14.8. The van der Waals surface area contributed by atoms with Crippen LogP contribution in [0.5, 0.6) is 0 Å². The Bertz CT molecular complexity index is 3150. The summed E-state index contributed by atoms with van der Waals surface area (Å²) in [6.45, 7) is 0. The van der Waals surface area contributed by atoms with Crippen molar-refractivity contribution in [1.29, 1.82) is 0 Å². The molecule has 3 heteroatoms. The molecule has 0 aliphatic heterocycles. The second kappa shape index (κ2) is 12.0. The van der Waals surface area contributed by atoms with Crippen LogP contribution in [-0.2, 0) is 5.41 Å². The molecule has 0 bridgehead atoms. The van der Waals surface area contributed by atoms with Gasteiger partial charge in [0.15, 0.2) is 5.82 Å². The van der Waals surface area contributed by atoms with Gasteiger partial charge in [-0.1, -0.05) is 176 Å². The van der Waals surface area contributed by atoms with Gasteiger partial charge in [-0.3, -0.25) is 0 Å². The second-order valence-corrected chi connectivity index (χ2v) is 15.9. The number of hydrogen-bond donors (Lipinski definition) is 0. The lowest BCUT2D eigenvalue weighted by atomic mass is 9.70. The van der Waals surface area contributed by atoms with Gasteiger partial charge in [-0.15, -0.1) is 11.3 Å². The standard InChI is InChI=1S/C53H32N2S/c1-2-15-33(16-3-1)35-17-4-5-21-40(35)48-32-49(43-24-14-23-42-41-22-9-13-28-50(41)56-51(42)43)55-52(54-48)34-29-30-39-38-20-8-12-27-46(38)53(47(39)31-34)44-25-10-6-18-36(44)37-19-7-11-26-45(37)53/h1-32H. The number of benzene rings is 8. The molecule has 0 atom stereocenters. The van der Waals surface area contributed by atoms with Crippen LogP contribution in [0.4, 0.5) is 0 Å². The fourth-order valence-corrected chi connectivity index (χ4v) is 10.8. The molecule has 0 radical (unpaired) electrons. The van der Waals surface area contributed by atoms with Gasteiger partial charge in [0.25, 0.3) is 0 Å². The van der Waals surface area contributed by atoms with Gasteiger partial charge in [-0.2, -0.15) is 0 Å². The van der Waals surface area contributed by atoms with Crippen LogP contribution in [0.1, 0.15) is 22.3 Å². The lowest BCUT2D eigenvalue weighted by Crippen LogP contribution is -2.25. The van der Waals surface area contributed by atoms with Crippen molar-refractivity contribution in [1.82, 2.24) is 9.97 Å². The van der Waals surface area contributed by atoms with Crippen LogP contribution in [0.25, 0.3) is 87.5 Å². The van der Waals surface area contributed by atoms with E-state index in [9.17, 15) is 0 Å². The van der Waals surface area contributed by atoms with E-state index >= 15 is 0 Å². The fraction of sp³-hybridized carbons (Fsp3) is 0.0189. The Kier molecular flexibility index (Phi) is 6.75. The molecule has 0 fully saturated rings. The van der Waals surface area contributed by atoms with E-state index in [-0.39, 0.29) is 0 Å². The van der Waals surface area contributed by atoms with E-state index in [2.05, 4.69) is 194 Å². The van der Waals surface area contributed by atoms with Crippen LogP contribution in [0, 0.1) is 0 Å². The van der Waals surface area contributed by atoms with Gasteiger partial charge in [-0.05, 0) is 73.8 Å². The maximum Gasteiger partial charge on any atom is 0.160 e. The lowest BCUT2D eigenvalue weighted by Gasteiger charge is -2.30. The Morgan fingerprint density at radius 2 is 0.857 bits per heavy atom. The van der Waals surface area contributed by atoms with Gasteiger partial charge in [0.2, 0.25) is 0 Å². The molecule has 2 heterocycles. The molecule has 0 N–H and O–H groups in total. The third kappa shape index (κ3) is 4.38. The fourth-order valence-electron chi connectivity index (χ4n) is 9.61. The van der Waals surface area contributed by atoms with E-state index in [1.165, 1.54) is 64.7 Å². The van der Waals surface area contributed by atoms with Crippen LogP contribution < -0.4 is 0 Å². The zero-order valence-electron chi connectivity index (χ0n) is 30.3. The normalized spacial score (nSPS) is 13.1. The largest absolute Gasteiger partial charge is 0.228 e. The summed E-state index contributed by atoms with van der Waals surface area (Å²) >= 11 is 1.83. The average molecular weight is 729 g/mol. The third-order valence-corrected chi connectivity index (χ3v) is 13.2. The van der Waals surface area contributed by atoms with Gasteiger partial charge in [0, 0.05) is 36.9 Å².